The van der Waals surface area contributed by atoms with E-state index in [1.54, 1.807) is 0 Å². The van der Waals surface area contributed by atoms with Crippen molar-refractivity contribution in [2.45, 2.75) is 32.1 Å². The van der Waals surface area contributed by atoms with Gasteiger partial charge in [0.2, 0.25) is 5.89 Å². The fourth-order valence-electron chi connectivity index (χ4n) is 2.89. The van der Waals surface area contributed by atoms with Gasteiger partial charge in [-0.05, 0) is 43.7 Å². The van der Waals surface area contributed by atoms with Gasteiger partial charge in [-0.1, -0.05) is 30.3 Å². The summed E-state index contributed by atoms with van der Waals surface area (Å²) >= 11 is 1.52. The first-order chi connectivity index (χ1) is 14.0. The van der Waals surface area contributed by atoms with E-state index in [2.05, 4.69) is 9.72 Å². The maximum Gasteiger partial charge on any atom is 0.315 e. The first-order valence-electron chi connectivity index (χ1n) is 9.47. The number of hydrogen-bond donors (Lipinski definition) is 0. The molecule has 1 heterocycles. The van der Waals surface area contributed by atoms with Gasteiger partial charge < -0.3 is 13.9 Å². The largest absolute Gasteiger partial charge is 0.490 e. The van der Waals surface area contributed by atoms with Crippen LogP contribution in [0.15, 0.2) is 59.0 Å². The Morgan fingerprint density at radius 3 is 2.72 bits per heavy atom. The number of aromatic nitrogens is 1. The molecule has 0 amide bonds. The van der Waals surface area contributed by atoms with Gasteiger partial charge in [0.1, 0.15) is 17.6 Å². The van der Waals surface area contributed by atoms with Crippen molar-refractivity contribution in [3.05, 3.63) is 71.6 Å². The number of hydrogen-bond acceptors (Lipinski definition) is 6. The summed E-state index contributed by atoms with van der Waals surface area (Å²) < 4.78 is 16.6. The van der Waals surface area contributed by atoms with Crippen LogP contribution in [0.5, 0.6) is 5.75 Å². The Kier molecular flexibility index (Phi) is 7.36. The van der Waals surface area contributed by atoms with Crippen LogP contribution >= 0.6 is 11.8 Å². The number of aryl methyl sites for hydroxylation is 1. The molecule has 3 aromatic rings. The second-order valence-corrected chi connectivity index (χ2v) is 7.72. The molecular formula is C23H25NO4S. The molecule has 3 rings (SSSR count). The highest BCUT2D eigenvalue weighted by Crippen LogP contribution is 2.24. The van der Waals surface area contributed by atoms with Crippen molar-refractivity contribution in [2.24, 2.45) is 0 Å². The van der Waals surface area contributed by atoms with E-state index in [0.29, 0.717) is 18.1 Å². The van der Waals surface area contributed by atoms with Crippen LogP contribution in [0.1, 0.15) is 23.9 Å². The number of thioether (sulfide) groups is 1. The van der Waals surface area contributed by atoms with Crippen LogP contribution in [-0.2, 0) is 21.7 Å². The zero-order valence-electron chi connectivity index (χ0n) is 16.9. The highest BCUT2D eigenvalue weighted by Gasteiger charge is 2.15. The third kappa shape index (κ3) is 6.12. The second-order valence-electron chi connectivity index (χ2n) is 6.74. The lowest BCUT2D eigenvalue weighted by molar-refractivity contribution is -0.137. The van der Waals surface area contributed by atoms with E-state index in [1.165, 1.54) is 18.9 Å². The molecular weight excluding hydrogens is 386 g/mol. The molecule has 0 saturated heterocycles. The Balaban J connectivity index is 1.58. The molecule has 0 bridgehead atoms. The lowest BCUT2D eigenvalue weighted by Gasteiger charge is -2.14. The SMILES string of the molecule is COC(=O)CSCc1cccc(OC(C)Cc2nc(-c3ccccc3)oc2C)c1. The quantitative estimate of drug-likeness (QED) is 0.458. The Morgan fingerprint density at radius 2 is 1.97 bits per heavy atom. The van der Waals surface area contributed by atoms with E-state index in [9.17, 15) is 4.79 Å². The predicted octanol–water partition coefficient (Wildman–Crippen LogP) is 5.07. The van der Waals surface area contributed by atoms with Crippen LogP contribution in [0.3, 0.4) is 0 Å². The summed E-state index contributed by atoms with van der Waals surface area (Å²) in [6.45, 7) is 3.95. The first kappa shape index (κ1) is 21.0. The van der Waals surface area contributed by atoms with Crippen LogP contribution in [-0.4, -0.2) is 29.9 Å². The summed E-state index contributed by atoms with van der Waals surface area (Å²) in [6.07, 6.45) is 0.601. The minimum atomic E-state index is -0.214. The zero-order valence-corrected chi connectivity index (χ0v) is 17.7. The number of ether oxygens (including phenoxy) is 2. The second kappa shape index (κ2) is 10.2. The van der Waals surface area contributed by atoms with Gasteiger partial charge in [-0.3, -0.25) is 4.79 Å². The van der Waals surface area contributed by atoms with Crippen molar-refractivity contribution < 1.29 is 18.7 Å². The molecule has 5 nitrogen and oxygen atoms in total. The van der Waals surface area contributed by atoms with Crippen molar-refractivity contribution in [3.8, 4) is 17.2 Å². The molecule has 0 aliphatic carbocycles. The average Bonchev–Trinajstić information content (AvgIpc) is 3.09. The molecule has 0 saturated carbocycles. The van der Waals surface area contributed by atoms with E-state index in [1.807, 2.05) is 68.4 Å². The van der Waals surface area contributed by atoms with Gasteiger partial charge in [0, 0.05) is 17.7 Å². The van der Waals surface area contributed by atoms with Crippen molar-refractivity contribution in [1.82, 2.24) is 4.98 Å². The van der Waals surface area contributed by atoms with E-state index >= 15 is 0 Å². The first-order valence-corrected chi connectivity index (χ1v) is 10.6. The highest BCUT2D eigenvalue weighted by atomic mass is 32.2. The number of oxazole rings is 1. The van der Waals surface area contributed by atoms with E-state index < -0.39 is 0 Å². The fraction of sp³-hybridized carbons (Fsp3) is 0.304. The van der Waals surface area contributed by atoms with Gasteiger partial charge in [0.25, 0.3) is 0 Å². The Morgan fingerprint density at radius 1 is 1.17 bits per heavy atom. The minimum absolute atomic E-state index is 0.0552. The fourth-order valence-corrected chi connectivity index (χ4v) is 3.69. The Hall–Kier alpha value is -2.73. The third-order valence-electron chi connectivity index (χ3n) is 4.35. The molecule has 6 heteroatoms. The molecule has 0 spiro atoms. The number of nitrogens with zero attached hydrogens (tertiary/aromatic N) is 1. The molecule has 0 aliphatic rings. The predicted molar refractivity (Wildman–Crippen MR) is 115 cm³/mol. The van der Waals surface area contributed by atoms with Gasteiger partial charge >= 0.3 is 5.97 Å². The monoisotopic (exact) mass is 411 g/mol. The molecule has 0 N–H and O–H groups in total. The standard InChI is InChI=1S/C23H25NO4S/c1-16(12-21-17(2)28-23(24-21)19-9-5-4-6-10-19)27-20-11-7-8-18(13-20)14-29-15-22(25)26-3/h4-11,13,16H,12,14-15H2,1-3H3. The normalized spacial score (nSPS) is 11.8. The van der Waals surface area contributed by atoms with Gasteiger partial charge in [-0.15, -0.1) is 11.8 Å². The number of rotatable bonds is 9. The van der Waals surface area contributed by atoms with Gasteiger partial charge in [-0.2, -0.15) is 0 Å². The maximum absolute atomic E-state index is 11.2. The van der Waals surface area contributed by atoms with Gasteiger partial charge in [0.05, 0.1) is 18.6 Å². The van der Waals surface area contributed by atoms with E-state index in [-0.39, 0.29) is 12.1 Å². The topological polar surface area (TPSA) is 61.6 Å². The summed E-state index contributed by atoms with van der Waals surface area (Å²) in [7, 11) is 1.40. The van der Waals surface area contributed by atoms with Crippen LogP contribution in [0.4, 0.5) is 0 Å². The molecule has 0 radical (unpaired) electrons. The van der Waals surface area contributed by atoms with Crippen LogP contribution < -0.4 is 4.74 Å². The van der Waals surface area contributed by atoms with Crippen LogP contribution in [0, 0.1) is 6.92 Å². The van der Waals surface area contributed by atoms with Gasteiger partial charge in [0.15, 0.2) is 0 Å². The minimum Gasteiger partial charge on any atom is -0.490 e. The lowest BCUT2D eigenvalue weighted by Crippen LogP contribution is -2.16. The highest BCUT2D eigenvalue weighted by molar-refractivity contribution is 7.99. The zero-order chi connectivity index (χ0) is 20.6. The summed E-state index contributed by atoms with van der Waals surface area (Å²) in [6, 6.07) is 17.8. The molecule has 0 aliphatic heterocycles. The molecule has 1 unspecified atom stereocenters. The number of methoxy groups -OCH3 is 1. The maximum atomic E-state index is 11.2. The summed E-state index contributed by atoms with van der Waals surface area (Å²) in [5.41, 5.74) is 2.97. The van der Waals surface area contributed by atoms with E-state index in [0.717, 1.165) is 34.1 Å². The summed E-state index contributed by atoms with van der Waals surface area (Å²) in [5, 5.41) is 0. The van der Waals surface area contributed by atoms with E-state index in [4.69, 9.17) is 9.15 Å². The average molecular weight is 412 g/mol. The molecule has 152 valence electrons. The molecule has 2 aromatic carbocycles. The van der Waals surface area contributed by atoms with Crippen molar-refractivity contribution in [1.29, 1.82) is 0 Å². The number of carbonyl (C=O) groups excluding carboxylic acids is 1. The molecule has 29 heavy (non-hydrogen) atoms. The van der Waals surface area contributed by atoms with Crippen molar-refractivity contribution >= 4 is 17.7 Å². The molecule has 1 atom stereocenters. The molecule has 0 fully saturated rings. The summed E-state index contributed by atoms with van der Waals surface area (Å²) in [5.74, 6) is 3.10. The Labute approximate surface area is 175 Å². The Bertz CT molecular complexity index is 939. The van der Waals surface area contributed by atoms with Gasteiger partial charge in [-0.25, -0.2) is 4.98 Å². The van der Waals surface area contributed by atoms with Crippen molar-refractivity contribution in [2.75, 3.05) is 12.9 Å². The molecule has 1 aromatic heterocycles. The summed E-state index contributed by atoms with van der Waals surface area (Å²) in [4.78, 5) is 15.9. The smallest absolute Gasteiger partial charge is 0.315 e. The number of carbonyl (C=O) groups is 1. The number of esters is 1. The van der Waals surface area contributed by atoms with Crippen LogP contribution in [0.2, 0.25) is 0 Å². The number of benzene rings is 2. The third-order valence-corrected chi connectivity index (χ3v) is 5.32. The van der Waals surface area contributed by atoms with Crippen molar-refractivity contribution in [3.63, 3.8) is 0 Å². The van der Waals surface area contributed by atoms with Crippen LogP contribution in [0.25, 0.3) is 11.5 Å². The lowest BCUT2D eigenvalue weighted by atomic mass is 10.2.